The van der Waals surface area contributed by atoms with Crippen molar-refractivity contribution in [3.8, 4) is 5.75 Å². The lowest BCUT2D eigenvalue weighted by Crippen LogP contribution is -2.14. The average molecular weight is 331 g/mol. The number of hydrogen-bond donors (Lipinski definition) is 1. The van der Waals surface area contributed by atoms with E-state index in [4.69, 9.17) is 16.3 Å². The fourth-order valence-electron chi connectivity index (χ4n) is 1.66. The molecule has 0 spiro atoms. The lowest BCUT2D eigenvalue weighted by Gasteiger charge is -2.11. The smallest absolute Gasteiger partial charge is 0.262 e. The number of aromatic nitrogens is 1. The number of nitrogens with zero attached hydrogens (tertiary/aromatic N) is 1. The summed E-state index contributed by atoms with van der Waals surface area (Å²) in [4.78, 5) is 3.73. The number of anilines is 1. The summed E-state index contributed by atoms with van der Waals surface area (Å²) in [6, 6.07) is 6.34. The van der Waals surface area contributed by atoms with Crippen molar-refractivity contribution in [2.75, 3.05) is 11.8 Å². The Morgan fingerprint density at radius 2 is 2.00 bits per heavy atom. The van der Waals surface area contributed by atoms with Crippen molar-refractivity contribution < 1.29 is 17.5 Å². The lowest BCUT2D eigenvalue weighted by molar-refractivity contribution is 0.385. The quantitative estimate of drug-likeness (QED) is 0.875. The Labute approximate surface area is 126 Å². The van der Waals surface area contributed by atoms with Crippen molar-refractivity contribution in [2.45, 2.75) is 11.8 Å². The van der Waals surface area contributed by atoms with Crippen LogP contribution in [-0.2, 0) is 10.0 Å². The van der Waals surface area contributed by atoms with Gasteiger partial charge in [0, 0.05) is 0 Å². The van der Waals surface area contributed by atoms with Gasteiger partial charge in [0.2, 0.25) is 0 Å². The molecule has 8 heteroatoms. The number of rotatable bonds is 4. The third-order valence-electron chi connectivity index (χ3n) is 2.73. The third kappa shape index (κ3) is 3.43. The predicted octanol–water partition coefficient (Wildman–Crippen LogP) is 2.99. The maximum Gasteiger partial charge on any atom is 0.262 e. The first-order chi connectivity index (χ1) is 9.83. The molecule has 21 heavy (non-hydrogen) atoms. The summed E-state index contributed by atoms with van der Waals surface area (Å²) >= 11 is 5.71. The van der Waals surface area contributed by atoms with E-state index in [0.29, 0.717) is 5.69 Å². The zero-order valence-electron chi connectivity index (χ0n) is 11.2. The largest absolute Gasteiger partial charge is 0.494 e. The number of pyridine rings is 1. The molecule has 5 nitrogen and oxygen atoms in total. The molecule has 0 unspecified atom stereocenters. The van der Waals surface area contributed by atoms with Crippen LogP contribution in [0.15, 0.2) is 35.2 Å². The molecule has 0 saturated carbocycles. The Kier molecular flexibility index (Phi) is 4.34. The molecule has 0 aliphatic carbocycles. The van der Waals surface area contributed by atoms with Crippen LogP contribution in [0.3, 0.4) is 0 Å². The van der Waals surface area contributed by atoms with Crippen molar-refractivity contribution in [2.24, 2.45) is 0 Å². The first-order valence-electron chi connectivity index (χ1n) is 5.83. The van der Waals surface area contributed by atoms with Gasteiger partial charge in [-0.1, -0.05) is 11.6 Å². The van der Waals surface area contributed by atoms with Crippen LogP contribution < -0.4 is 9.46 Å². The monoisotopic (exact) mass is 330 g/mol. The highest BCUT2D eigenvalue weighted by atomic mass is 35.5. The van der Waals surface area contributed by atoms with Crippen LogP contribution in [0.25, 0.3) is 0 Å². The Hall–Kier alpha value is -1.86. The number of ether oxygens (including phenoxy) is 1. The van der Waals surface area contributed by atoms with Gasteiger partial charge in [0.05, 0.1) is 23.4 Å². The predicted molar refractivity (Wildman–Crippen MR) is 77.7 cm³/mol. The topological polar surface area (TPSA) is 68.3 Å². The summed E-state index contributed by atoms with van der Waals surface area (Å²) < 4.78 is 45.1. The minimum Gasteiger partial charge on any atom is -0.494 e. The van der Waals surface area contributed by atoms with Crippen LogP contribution in [-0.4, -0.2) is 20.5 Å². The molecule has 0 aliphatic rings. The maximum absolute atomic E-state index is 13.6. The Balaban J connectivity index is 2.36. The van der Waals surface area contributed by atoms with Crippen molar-refractivity contribution in [1.29, 1.82) is 0 Å². The molecular formula is C13H12ClFN2O3S. The van der Waals surface area contributed by atoms with Gasteiger partial charge in [0.15, 0.2) is 11.6 Å². The van der Waals surface area contributed by atoms with Crippen LogP contribution in [0.2, 0.25) is 5.15 Å². The Bertz CT molecular complexity index is 781. The van der Waals surface area contributed by atoms with E-state index in [2.05, 4.69) is 9.71 Å². The molecule has 1 heterocycles. The van der Waals surface area contributed by atoms with Crippen LogP contribution >= 0.6 is 11.6 Å². The van der Waals surface area contributed by atoms with Gasteiger partial charge < -0.3 is 4.74 Å². The van der Waals surface area contributed by atoms with Gasteiger partial charge in [-0.3, -0.25) is 4.72 Å². The maximum atomic E-state index is 13.6. The molecule has 0 atom stereocenters. The first-order valence-corrected chi connectivity index (χ1v) is 7.69. The highest BCUT2D eigenvalue weighted by Gasteiger charge is 2.18. The fraction of sp³-hybridized carbons (Fsp3) is 0.154. The number of halogens is 2. The molecule has 2 aromatic rings. The molecule has 0 fully saturated rings. The first kappa shape index (κ1) is 15.5. The van der Waals surface area contributed by atoms with Crippen LogP contribution in [0, 0.1) is 12.7 Å². The molecule has 112 valence electrons. The number of nitrogens with one attached hydrogen (secondary N) is 1. The van der Waals surface area contributed by atoms with Crippen molar-refractivity contribution in [3.05, 3.63) is 47.0 Å². The molecule has 0 aliphatic heterocycles. The van der Waals surface area contributed by atoms with E-state index in [-0.39, 0.29) is 21.5 Å². The van der Waals surface area contributed by atoms with Crippen LogP contribution in [0.4, 0.5) is 10.1 Å². The van der Waals surface area contributed by atoms with Gasteiger partial charge in [-0.2, -0.15) is 0 Å². The SMILES string of the molecule is COc1ccc(S(=O)(=O)Nc2ccc(Cl)nc2C)cc1F. The van der Waals surface area contributed by atoms with Gasteiger partial charge in [-0.05, 0) is 37.3 Å². The summed E-state index contributed by atoms with van der Waals surface area (Å²) in [5, 5.41) is 0.255. The zero-order valence-corrected chi connectivity index (χ0v) is 12.8. The molecular weight excluding hydrogens is 319 g/mol. The van der Waals surface area contributed by atoms with Gasteiger partial charge in [0.25, 0.3) is 10.0 Å². The number of benzene rings is 1. The molecule has 1 N–H and O–H groups in total. The number of sulfonamides is 1. The summed E-state index contributed by atoms with van der Waals surface area (Å²) in [6.07, 6.45) is 0. The second kappa shape index (κ2) is 5.87. The van der Waals surface area contributed by atoms with Gasteiger partial charge in [0.1, 0.15) is 5.15 Å². The highest BCUT2D eigenvalue weighted by molar-refractivity contribution is 7.92. The van der Waals surface area contributed by atoms with E-state index >= 15 is 0 Å². The lowest BCUT2D eigenvalue weighted by atomic mass is 10.3. The van der Waals surface area contributed by atoms with Gasteiger partial charge in [-0.15, -0.1) is 0 Å². The average Bonchev–Trinajstić information content (AvgIpc) is 2.42. The molecule has 0 saturated heterocycles. The summed E-state index contributed by atoms with van der Waals surface area (Å²) in [5.41, 5.74) is 0.690. The van der Waals surface area contributed by atoms with Gasteiger partial charge in [-0.25, -0.2) is 17.8 Å². The molecule has 1 aromatic heterocycles. The van der Waals surface area contributed by atoms with Crippen molar-refractivity contribution >= 4 is 27.3 Å². The molecule has 0 bridgehead atoms. The van der Waals surface area contributed by atoms with Gasteiger partial charge >= 0.3 is 0 Å². The minimum atomic E-state index is -3.92. The number of hydrogen-bond acceptors (Lipinski definition) is 4. The fourth-order valence-corrected chi connectivity index (χ4v) is 2.97. The number of aryl methyl sites for hydroxylation is 1. The van der Waals surface area contributed by atoms with Crippen LogP contribution in [0.1, 0.15) is 5.69 Å². The zero-order chi connectivity index (χ0) is 15.6. The summed E-state index contributed by atoms with van der Waals surface area (Å²) in [6.45, 7) is 1.61. The summed E-state index contributed by atoms with van der Waals surface area (Å²) in [5.74, 6) is -0.787. The third-order valence-corrected chi connectivity index (χ3v) is 4.30. The van der Waals surface area contributed by atoms with E-state index in [9.17, 15) is 12.8 Å². The number of methoxy groups -OCH3 is 1. The molecule has 2 rings (SSSR count). The standard InChI is InChI=1S/C13H12ClFN2O3S/c1-8-11(4-6-13(14)16-8)17-21(18,19)9-3-5-12(20-2)10(15)7-9/h3-7,17H,1-2H3. The Morgan fingerprint density at radius 1 is 1.29 bits per heavy atom. The van der Waals surface area contributed by atoms with Crippen molar-refractivity contribution in [3.63, 3.8) is 0 Å². The van der Waals surface area contributed by atoms with Crippen molar-refractivity contribution in [1.82, 2.24) is 4.98 Å². The normalized spacial score (nSPS) is 11.2. The summed E-state index contributed by atoms with van der Waals surface area (Å²) in [7, 11) is -2.63. The van der Waals surface area contributed by atoms with E-state index in [0.717, 1.165) is 6.07 Å². The molecule has 0 amide bonds. The Morgan fingerprint density at radius 3 is 2.57 bits per heavy atom. The minimum absolute atomic E-state index is 0.0294. The molecule has 1 aromatic carbocycles. The second-order valence-corrected chi connectivity index (χ2v) is 6.24. The van der Waals surface area contributed by atoms with E-state index < -0.39 is 15.8 Å². The van der Waals surface area contributed by atoms with Crippen LogP contribution in [0.5, 0.6) is 5.75 Å². The van der Waals surface area contributed by atoms with E-state index in [1.54, 1.807) is 6.92 Å². The highest BCUT2D eigenvalue weighted by Crippen LogP contribution is 2.24. The van der Waals surface area contributed by atoms with E-state index in [1.165, 1.54) is 31.4 Å². The molecule has 0 radical (unpaired) electrons. The second-order valence-electron chi connectivity index (χ2n) is 4.17. The van der Waals surface area contributed by atoms with E-state index in [1.807, 2.05) is 0 Å².